The average Bonchev–Trinajstić information content (AvgIpc) is 3.05. The van der Waals surface area contributed by atoms with Crippen LogP contribution in [0, 0.1) is 13.8 Å². The molecule has 276 valence electrons. The van der Waals surface area contributed by atoms with Crippen LogP contribution in [-0.2, 0) is 22.3 Å². The SMILES string of the molecule is CC(C)OC(=O)Cl.CCCCc1c(C)nc(Nc2ccccc2)[nH]c1=O.CCCCc1c(C)nc(Nc2ccccc2)nc1OC(=O)OC(C)C. The molecule has 0 spiro atoms. The molecular formula is C38H51ClN6O6. The number of ether oxygens (including phenoxy) is 3. The average molecular weight is 723 g/mol. The van der Waals surface area contributed by atoms with Crippen LogP contribution in [-0.4, -0.2) is 43.7 Å². The quantitative estimate of drug-likeness (QED) is 0.0891. The second-order valence-electron chi connectivity index (χ2n) is 12.0. The van der Waals surface area contributed by atoms with Crippen molar-refractivity contribution in [2.75, 3.05) is 10.6 Å². The highest BCUT2D eigenvalue weighted by atomic mass is 35.5. The molecule has 2 aromatic carbocycles. The van der Waals surface area contributed by atoms with Crippen LogP contribution in [0.4, 0.5) is 32.9 Å². The van der Waals surface area contributed by atoms with Gasteiger partial charge in [-0.2, -0.15) is 4.98 Å². The van der Waals surface area contributed by atoms with Crippen LogP contribution >= 0.6 is 11.6 Å². The number of unbranched alkanes of at least 4 members (excludes halogenated alkanes) is 2. The van der Waals surface area contributed by atoms with Crippen LogP contribution < -0.4 is 20.9 Å². The van der Waals surface area contributed by atoms with E-state index >= 15 is 0 Å². The number of anilines is 4. The van der Waals surface area contributed by atoms with Crippen LogP contribution in [0.15, 0.2) is 65.5 Å². The highest BCUT2D eigenvalue weighted by Crippen LogP contribution is 2.25. The summed E-state index contributed by atoms with van der Waals surface area (Å²) >= 11 is 4.81. The van der Waals surface area contributed by atoms with Gasteiger partial charge in [-0.05, 0) is 91.5 Å². The summed E-state index contributed by atoms with van der Waals surface area (Å²) in [4.78, 5) is 49.8. The number of nitrogens with zero attached hydrogens (tertiary/aromatic N) is 3. The van der Waals surface area contributed by atoms with Crippen molar-refractivity contribution < 1.29 is 23.8 Å². The molecule has 0 aliphatic rings. The van der Waals surface area contributed by atoms with Crippen LogP contribution in [0.25, 0.3) is 0 Å². The zero-order valence-corrected chi connectivity index (χ0v) is 31.6. The van der Waals surface area contributed by atoms with E-state index in [0.29, 0.717) is 11.9 Å². The fourth-order valence-electron chi connectivity index (χ4n) is 4.46. The number of halogens is 1. The van der Waals surface area contributed by atoms with E-state index in [0.717, 1.165) is 72.4 Å². The minimum absolute atomic E-state index is 0.0422. The van der Waals surface area contributed by atoms with Gasteiger partial charge in [-0.25, -0.2) is 19.6 Å². The molecule has 0 saturated heterocycles. The van der Waals surface area contributed by atoms with E-state index in [9.17, 15) is 14.4 Å². The normalized spacial score (nSPS) is 10.3. The Bertz CT molecular complexity index is 1700. The van der Waals surface area contributed by atoms with Crippen molar-refractivity contribution in [1.82, 2.24) is 19.9 Å². The highest BCUT2D eigenvalue weighted by molar-refractivity contribution is 6.61. The number of rotatable bonds is 13. The van der Waals surface area contributed by atoms with Gasteiger partial charge in [-0.3, -0.25) is 9.78 Å². The van der Waals surface area contributed by atoms with Gasteiger partial charge >= 0.3 is 11.6 Å². The number of aryl methyl sites for hydroxylation is 2. The van der Waals surface area contributed by atoms with Gasteiger partial charge in [-0.15, -0.1) is 0 Å². The van der Waals surface area contributed by atoms with E-state index in [4.69, 9.17) is 21.1 Å². The van der Waals surface area contributed by atoms with E-state index in [1.165, 1.54) is 0 Å². The second-order valence-corrected chi connectivity index (χ2v) is 12.3. The Kier molecular flexibility index (Phi) is 18.8. The topological polar surface area (TPSA) is 157 Å². The number of carbonyl (C=O) groups excluding carboxylic acids is 2. The summed E-state index contributed by atoms with van der Waals surface area (Å²) in [6.07, 6.45) is 4.50. The molecule has 0 radical (unpaired) electrons. The van der Waals surface area contributed by atoms with Crippen molar-refractivity contribution in [3.05, 3.63) is 93.5 Å². The maximum absolute atomic E-state index is 12.0. The Morgan fingerprint density at radius 1 is 0.745 bits per heavy atom. The van der Waals surface area contributed by atoms with Gasteiger partial charge < -0.3 is 24.8 Å². The van der Waals surface area contributed by atoms with Crippen molar-refractivity contribution >= 4 is 46.5 Å². The number of hydrogen-bond acceptors (Lipinski definition) is 11. The fourth-order valence-corrected chi connectivity index (χ4v) is 4.64. The third-order valence-corrected chi connectivity index (χ3v) is 6.95. The molecule has 0 saturated carbocycles. The first-order valence-electron chi connectivity index (χ1n) is 17.2. The third kappa shape index (κ3) is 16.5. The van der Waals surface area contributed by atoms with Crippen molar-refractivity contribution in [2.24, 2.45) is 0 Å². The largest absolute Gasteiger partial charge is 0.515 e. The smallest absolute Gasteiger partial charge is 0.451 e. The zero-order chi connectivity index (χ0) is 37.8. The van der Waals surface area contributed by atoms with Crippen LogP contribution in [0.5, 0.6) is 5.88 Å². The zero-order valence-electron chi connectivity index (χ0n) is 30.8. The molecule has 0 aliphatic heterocycles. The van der Waals surface area contributed by atoms with Gasteiger partial charge in [0, 0.05) is 45.5 Å². The Morgan fingerprint density at radius 2 is 1.25 bits per heavy atom. The van der Waals surface area contributed by atoms with Gasteiger partial charge in [0.25, 0.3) is 5.56 Å². The molecule has 4 aromatic rings. The molecule has 0 amide bonds. The number of hydrogen-bond donors (Lipinski definition) is 3. The number of para-hydroxylation sites is 2. The molecule has 2 heterocycles. The standard InChI is InChI=1S/C19H25N3O3.C15H19N3O.C4H7ClO2/c1-5-6-12-16-14(4)20-18(21-15-10-8-7-9-11-15)22-17(16)25-19(23)24-13(2)3;1-3-4-10-13-11(2)16-15(18-14(13)19)17-12-8-6-5-7-9-12;1-3(2)7-4(5)6/h7-11,13H,5-6,12H2,1-4H3,(H,20,21,22);5-9H,3-4,10H2,1-2H3,(H2,16,17,18,19);3H,1-2H3. The summed E-state index contributed by atoms with van der Waals surface area (Å²) in [5, 5.41) is 6.23. The third-order valence-electron chi connectivity index (χ3n) is 6.87. The lowest BCUT2D eigenvalue weighted by atomic mass is 10.1. The fraction of sp³-hybridized carbons (Fsp3) is 0.421. The van der Waals surface area contributed by atoms with Crippen LogP contribution in [0.1, 0.15) is 89.7 Å². The molecule has 3 N–H and O–H groups in total. The first-order valence-corrected chi connectivity index (χ1v) is 17.6. The van der Waals surface area contributed by atoms with E-state index in [2.05, 4.69) is 49.2 Å². The van der Waals surface area contributed by atoms with Gasteiger partial charge in [0.2, 0.25) is 17.8 Å². The number of H-pyrrole nitrogens is 1. The summed E-state index contributed by atoms with van der Waals surface area (Å²) in [5.41, 5.74) is 4.20. The predicted molar refractivity (Wildman–Crippen MR) is 203 cm³/mol. The first-order chi connectivity index (χ1) is 24.3. The van der Waals surface area contributed by atoms with E-state index in [1.54, 1.807) is 27.7 Å². The van der Waals surface area contributed by atoms with Crippen molar-refractivity contribution in [2.45, 2.75) is 106 Å². The lowest BCUT2D eigenvalue weighted by Crippen LogP contribution is -2.18. The molecule has 0 aliphatic carbocycles. The molecule has 4 rings (SSSR count). The molecular weight excluding hydrogens is 672 g/mol. The summed E-state index contributed by atoms with van der Waals surface area (Å²) in [5.74, 6) is 1.13. The molecule has 0 atom stereocenters. The Balaban J connectivity index is 0.000000305. The molecule has 0 fully saturated rings. The van der Waals surface area contributed by atoms with Crippen molar-refractivity contribution in [3.63, 3.8) is 0 Å². The molecule has 51 heavy (non-hydrogen) atoms. The molecule has 0 bridgehead atoms. The maximum atomic E-state index is 12.0. The van der Waals surface area contributed by atoms with Gasteiger partial charge in [-0.1, -0.05) is 63.1 Å². The summed E-state index contributed by atoms with van der Waals surface area (Å²) in [7, 11) is 0. The molecule has 13 heteroatoms. The number of benzene rings is 2. The maximum Gasteiger partial charge on any atom is 0.515 e. The second kappa shape index (κ2) is 22.7. The number of aromatic nitrogens is 4. The summed E-state index contributed by atoms with van der Waals surface area (Å²) in [6.45, 7) is 15.0. The summed E-state index contributed by atoms with van der Waals surface area (Å²) < 4.78 is 14.8. The monoisotopic (exact) mass is 722 g/mol. The molecule has 2 aromatic heterocycles. The lowest BCUT2D eigenvalue weighted by Gasteiger charge is -2.14. The van der Waals surface area contributed by atoms with Gasteiger partial charge in [0.15, 0.2) is 0 Å². The first kappa shape index (κ1) is 42.2. The Labute approximate surface area is 305 Å². The van der Waals surface area contributed by atoms with Gasteiger partial charge in [0.1, 0.15) is 0 Å². The van der Waals surface area contributed by atoms with E-state index in [-0.39, 0.29) is 23.6 Å². The predicted octanol–water partition coefficient (Wildman–Crippen LogP) is 9.73. The Morgan fingerprint density at radius 3 is 1.73 bits per heavy atom. The minimum Gasteiger partial charge on any atom is -0.451 e. The van der Waals surface area contributed by atoms with E-state index in [1.807, 2.05) is 74.5 Å². The highest BCUT2D eigenvalue weighted by Gasteiger charge is 2.18. The van der Waals surface area contributed by atoms with E-state index < -0.39 is 11.6 Å². The Hall–Kier alpha value is -4.97. The van der Waals surface area contributed by atoms with Gasteiger partial charge in [0.05, 0.1) is 12.2 Å². The summed E-state index contributed by atoms with van der Waals surface area (Å²) in [6, 6.07) is 19.3. The van der Waals surface area contributed by atoms with Crippen LogP contribution in [0.2, 0.25) is 0 Å². The molecule has 12 nitrogen and oxygen atoms in total. The number of carbonyl (C=O) groups is 2. The minimum atomic E-state index is -0.753. The van der Waals surface area contributed by atoms with Crippen LogP contribution in [0.3, 0.4) is 0 Å². The number of aromatic amines is 1. The lowest BCUT2D eigenvalue weighted by molar-refractivity contribution is 0.0712. The van der Waals surface area contributed by atoms with Crippen molar-refractivity contribution in [3.8, 4) is 5.88 Å². The number of nitrogens with one attached hydrogen (secondary N) is 3. The molecule has 0 unspecified atom stereocenters. The van der Waals surface area contributed by atoms with Crippen molar-refractivity contribution in [1.29, 1.82) is 0 Å².